The highest BCUT2D eigenvalue weighted by Crippen LogP contribution is 2.32. The molecule has 2 aromatic rings. The van der Waals surface area contributed by atoms with Gasteiger partial charge in [-0.2, -0.15) is 13.2 Å². The van der Waals surface area contributed by atoms with E-state index in [0.29, 0.717) is 4.47 Å². The molecule has 20 heavy (non-hydrogen) atoms. The third kappa shape index (κ3) is 3.33. The number of rotatable bonds is 3. The lowest BCUT2D eigenvalue weighted by molar-refractivity contribution is -0.137. The molecule has 0 fully saturated rings. The number of benzene rings is 1. The van der Waals surface area contributed by atoms with Gasteiger partial charge in [-0.25, -0.2) is 8.42 Å². The Bertz CT molecular complexity index is 708. The van der Waals surface area contributed by atoms with Gasteiger partial charge in [0.15, 0.2) is 4.21 Å². The van der Waals surface area contributed by atoms with Crippen LogP contribution >= 0.6 is 27.3 Å². The van der Waals surface area contributed by atoms with Crippen LogP contribution in [0.1, 0.15) is 5.56 Å². The Morgan fingerprint density at radius 2 is 1.70 bits per heavy atom. The second-order valence-corrected chi connectivity index (χ2v) is 7.38. The van der Waals surface area contributed by atoms with Gasteiger partial charge in [0.05, 0.1) is 5.56 Å². The van der Waals surface area contributed by atoms with Crippen molar-refractivity contribution < 1.29 is 21.6 Å². The molecular formula is C11H7BrF3NO2S2. The molecule has 3 nitrogen and oxygen atoms in total. The molecule has 0 atom stereocenters. The lowest BCUT2D eigenvalue weighted by Gasteiger charge is -2.09. The highest BCUT2D eigenvalue weighted by Gasteiger charge is 2.30. The van der Waals surface area contributed by atoms with E-state index in [4.69, 9.17) is 0 Å². The topological polar surface area (TPSA) is 46.2 Å². The van der Waals surface area contributed by atoms with E-state index in [2.05, 4.69) is 20.7 Å². The predicted molar refractivity (Wildman–Crippen MR) is 74.3 cm³/mol. The van der Waals surface area contributed by atoms with E-state index in [1.807, 2.05) is 0 Å². The number of hydrogen-bond donors (Lipinski definition) is 1. The zero-order chi connectivity index (χ0) is 15.0. The molecule has 1 N–H and O–H groups in total. The van der Waals surface area contributed by atoms with Gasteiger partial charge in [0.25, 0.3) is 10.0 Å². The van der Waals surface area contributed by atoms with Crippen molar-refractivity contribution in [2.75, 3.05) is 4.72 Å². The Morgan fingerprint density at radius 3 is 2.15 bits per heavy atom. The molecule has 0 unspecified atom stereocenters. The number of thiophene rings is 1. The number of anilines is 1. The fraction of sp³-hybridized carbons (Fsp3) is 0.0909. The largest absolute Gasteiger partial charge is 0.416 e. The normalized spacial score (nSPS) is 12.4. The van der Waals surface area contributed by atoms with Crippen molar-refractivity contribution in [2.45, 2.75) is 10.4 Å². The van der Waals surface area contributed by atoms with E-state index >= 15 is 0 Å². The Balaban J connectivity index is 2.25. The molecule has 0 amide bonds. The molecule has 108 valence electrons. The van der Waals surface area contributed by atoms with E-state index in [1.165, 1.54) is 0 Å². The van der Waals surface area contributed by atoms with Crippen LogP contribution in [0.3, 0.4) is 0 Å². The third-order valence-corrected chi connectivity index (χ3v) is 6.34. The lowest BCUT2D eigenvalue weighted by atomic mass is 10.2. The van der Waals surface area contributed by atoms with Crippen LogP contribution in [-0.2, 0) is 16.2 Å². The minimum atomic E-state index is -4.45. The standard InChI is InChI=1S/C11H7BrF3NO2S2/c12-9-5-6-19-10(9)20(17,18)16-8-3-1-7(2-4-8)11(13,14)15/h1-6,16H. The highest BCUT2D eigenvalue weighted by atomic mass is 79.9. The van der Waals surface area contributed by atoms with E-state index in [-0.39, 0.29) is 9.90 Å². The van der Waals surface area contributed by atoms with Crippen LogP contribution in [0.4, 0.5) is 18.9 Å². The summed E-state index contributed by atoms with van der Waals surface area (Å²) in [5, 5.41) is 1.59. The number of halogens is 4. The van der Waals surface area contributed by atoms with Gasteiger partial charge in [-0.05, 0) is 51.6 Å². The van der Waals surface area contributed by atoms with Crippen LogP contribution in [0.2, 0.25) is 0 Å². The van der Waals surface area contributed by atoms with Crippen LogP contribution in [0.5, 0.6) is 0 Å². The number of alkyl halides is 3. The van der Waals surface area contributed by atoms with Gasteiger partial charge >= 0.3 is 6.18 Å². The molecule has 0 aliphatic rings. The molecule has 1 aromatic carbocycles. The summed E-state index contributed by atoms with van der Waals surface area (Å²) in [5.41, 5.74) is -0.768. The quantitative estimate of drug-likeness (QED) is 0.854. The Labute approximate surface area is 125 Å². The molecule has 0 bridgehead atoms. The van der Waals surface area contributed by atoms with Gasteiger partial charge < -0.3 is 0 Å². The molecule has 1 heterocycles. The summed E-state index contributed by atoms with van der Waals surface area (Å²) in [4.78, 5) is 0. The van der Waals surface area contributed by atoms with E-state index in [1.54, 1.807) is 11.4 Å². The van der Waals surface area contributed by atoms with Crippen molar-refractivity contribution in [3.8, 4) is 0 Å². The van der Waals surface area contributed by atoms with Crippen molar-refractivity contribution in [3.63, 3.8) is 0 Å². The summed E-state index contributed by atoms with van der Waals surface area (Å²) in [6, 6.07) is 5.36. The zero-order valence-electron chi connectivity index (χ0n) is 9.61. The van der Waals surface area contributed by atoms with Gasteiger partial charge in [-0.3, -0.25) is 4.72 Å². The maximum Gasteiger partial charge on any atom is 0.416 e. The monoisotopic (exact) mass is 385 g/mol. The molecular weight excluding hydrogens is 379 g/mol. The number of nitrogens with one attached hydrogen (secondary N) is 1. The van der Waals surface area contributed by atoms with Crippen LogP contribution in [0.25, 0.3) is 0 Å². The second-order valence-electron chi connectivity index (χ2n) is 3.74. The first-order valence-corrected chi connectivity index (χ1v) is 8.29. The fourth-order valence-electron chi connectivity index (χ4n) is 1.40. The summed E-state index contributed by atoms with van der Waals surface area (Å²) in [6.07, 6.45) is -4.45. The lowest BCUT2D eigenvalue weighted by Crippen LogP contribution is -2.12. The molecule has 9 heteroatoms. The van der Waals surface area contributed by atoms with Gasteiger partial charge in [0.1, 0.15) is 0 Å². The first kappa shape index (κ1) is 15.3. The maximum absolute atomic E-state index is 12.4. The average molecular weight is 386 g/mol. The van der Waals surface area contributed by atoms with Crippen LogP contribution < -0.4 is 4.72 Å². The van der Waals surface area contributed by atoms with Crippen molar-refractivity contribution in [3.05, 3.63) is 45.7 Å². The van der Waals surface area contributed by atoms with Crippen molar-refractivity contribution in [1.29, 1.82) is 0 Å². The van der Waals surface area contributed by atoms with Crippen molar-refractivity contribution in [1.82, 2.24) is 0 Å². The molecule has 2 rings (SSSR count). The molecule has 0 aliphatic heterocycles. The van der Waals surface area contributed by atoms with E-state index in [0.717, 1.165) is 35.6 Å². The van der Waals surface area contributed by atoms with E-state index < -0.39 is 21.8 Å². The highest BCUT2D eigenvalue weighted by molar-refractivity contribution is 9.10. The van der Waals surface area contributed by atoms with Gasteiger partial charge in [-0.1, -0.05) is 0 Å². The number of sulfonamides is 1. The van der Waals surface area contributed by atoms with Gasteiger partial charge in [-0.15, -0.1) is 11.3 Å². The zero-order valence-corrected chi connectivity index (χ0v) is 12.8. The first-order valence-electron chi connectivity index (χ1n) is 5.13. The van der Waals surface area contributed by atoms with Crippen molar-refractivity contribution in [2.24, 2.45) is 0 Å². The molecule has 0 aliphatic carbocycles. The Hall–Kier alpha value is -1.06. The summed E-state index contributed by atoms with van der Waals surface area (Å²) in [7, 11) is -3.81. The third-order valence-electron chi connectivity index (χ3n) is 2.29. The molecule has 0 saturated heterocycles. The SMILES string of the molecule is O=S(=O)(Nc1ccc(C(F)(F)F)cc1)c1sccc1Br. The molecule has 0 radical (unpaired) electrons. The molecule has 0 saturated carbocycles. The van der Waals surface area contributed by atoms with Gasteiger partial charge in [0.2, 0.25) is 0 Å². The van der Waals surface area contributed by atoms with Gasteiger partial charge in [0, 0.05) is 10.2 Å². The van der Waals surface area contributed by atoms with Crippen molar-refractivity contribution >= 4 is 43.0 Å². The Morgan fingerprint density at radius 1 is 1.10 bits per heavy atom. The Kier molecular flexibility index (Phi) is 4.12. The van der Waals surface area contributed by atoms with Crippen LogP contribution in [0.15, 0.2) is 44.4 Å². The van der Waals surface area contributed by atoms with Crippen LogP contribution in [0, 0.1) is 0 Å². The molecule has 1 aromatic heterocycles. The smallest absolute Gasteiger partial charge is 0.279 e. The minimum Gasteiger partial charge on any atom is -0.279 e. The van der Waals surface area contributed by atoms with E-state index in [9.17, 15) is 21.6 Å². The fourth-order valence-corrected chi connectivity index (χ4v) is 4.80. The summed E-state index contributed by atoms with van der Waals surface area (Å²) in [5.74, 6) is 0. The summed E-state index contributed by atoms with van der Waals surface area (Å²) in [6.45, 7) is 0. The first-order chi connectivity index (χ1) is 9.20. The second kappa shape index (κ2) is 5.38. The number of hydrogen-bond acceptors (Lipinski definition) is 3. The minimum absolute atomic E-state index is 0.0670. The predicted octanol–water partition coefficient (Wildman–Crippen LogP) is 4.33. The molecule has 0 spiro atoms. The summed E-state index contributed by atoms with van der Waals surface area (Å²) >= 11 is 4.10. The summed E-state index contributed by atoms with van der Waals surface area (Å²) < 4.78 is 63.9. The van der Waals surface area contributed by atoms with Crippen LogP contribution in [-0.4, -0.2) is 8.42 Å². The average Bonchev–Trinajstić information content (AvgIpc) is 2.75. The maximum atomic E-state index is 12.4.